The molecule has 100 valence electrons. The van der Waals surface area contributed by atoms with Gasteiger partial charge in [0.25, 0.3) is 0 Å². The van der Waals surface area contributed by atoms with Crippen LogP contribution in [-0.4, -0.2) is 22.6 Å². The largest absolute Gasteiger partial charge is 0.480 e. The summed E-state index contributed by atoms with van der Waals surface area (Å²) in [4.78, 5) is 17.3. The minimum atomic E-state index is -0.838. The third kappa shape index (κ3) is 3.79. The van der Waals surface area contributed by atoms with Gasteiger partial charge < -0.3 is 10.0 Å². The van der Waals surface area contributed by atoms with Crippen LogP contribution in [0.25, 0.3) is 0 Å². The maximum absolute atomic E-state index is 11.0. The molecule has 0 atom stereocenters. The first-order valence-corrected chi connectivity index (χ1v) is 7.02. The quantitative estimate of drug-likeness (QED) is 0.881. The Labute approximate surface area is 116 Å². The summed E-state index contributed by atoms with van der Waals surface area (Å²) in [6.07, 6.45) is 0.912. The first-order valence-electron chi connectivity index (χ1n) is 6.14. The number of hydrogen-bond donors (Lipinski definition) is 1. The van der Waals surface area contributed by atoms with E-state index in [0.29, 0.717) is 6.54 Å². The van der Waals surface area contributed by atoms with Crippen LogP contribution in [0.15, 0.2) is 35.7 Å². The van der Waals surface area contributed by atoms with Gasteiger partial charge in [0.15, 0.2) is 0 Å². The molecule has 0 amide bonds. The van der Waals surface area contributed by atoms with Gasteiger partial charge in [0.1, 0.15) is 6.54 Å². The number of aromatic nitrogens is 1. The van der Waals surface area contributed by atoms with Crippen molar-refractivity contribution in [2.45, 2.75) is 19.9 Å². The van der Waals surface area contributed by atoms with Gasteiger partial charge in [-0.1, -0.05) is 25.1 Å². The Hall–Kier alpha value is -1.88. The topological polar surface area (TPSA) is 53.4 Å². The van der Waals surface area contributed by atoms with E-state index in [1.807, 2.05) is 40.6 Å². The van der Waals surface area contributed by atoms with Crippen molar-refractivity contribution in [3.8, 4) is 0 Å². The maximum Gasteiger partial charge on any atom is 0.323 e. The van der Waals surface area contributed by atoms with Crippen molar-refractivity contribution in [1.82, 2.24) is 4.98 Å². The lowest BCUT2D eigenvalue weighted by atomic mass is 10.2. The number of carboxylic acids is 1. The van der Waals surface area contributed by atoms with Crippen LogP contribution in [-0.2, 0) is 17.8 Å². The zero-order valence-corrected chi connectivity index (χ0v) is 11.6. The summed E-state index contributed by atoms with van der Waals surface area (Å²) in [7, 11) is 0. The van der Waals surface area contributed by atoms with Gasteiger partial charge in [0, 0.05) is 11.1 Å². The number of carbonyl (C=O) groups is 1. The van der Waals surface area contributed by atoms with Gasteiger partial charge in [-0.2, -0.15) is 0 Å². The van der Waals surface area contributed by atoms with E-state index in [2.05, 4.69) is 11.9 Å². The predicted octanol–water partition coefficient (Wildman–Crippen LogP) is 2.80. The lowest BCUT2D eigenvalue weighted by Crippen LogP contribution is -2.29. The Kier molecular flexibility index (Phi) is 4.52. The van der Waals surface area contributed by atoms with Crippen molar-refractivity contribution in [1.29, 1.82) is 0 Å². The van der Waals surface area contributed by atoms with Crippen molar-refractivity contribution in [2.75, 3.05) is 11.4 Å². The van der Waals surface area contributed by atoms with Crippen LogP contribution in [0.3, 0.4) is 0 Å². The van der Waals surface area contributed by atoms with Crippen molar-refractivity contribution >= 4 is 23.0 Å². The van der Waals surface area contributed by atoms with E-state index in [0.717, 1.165) is 22.8 Å². The van der Waals surface area contributed by atoms with Crippen molar-refractivity contribution < 1.29 is 9.90 Å². The van der Waals surface area contributed by atoms with Crippen LogP contribution >= 0.6 is 11.3 Å². The number of carboxylic acid groups (broad SMARTS) is 1. The third-order valence-corrected chi connectivity index (χ3v) is 3.74. The van der Waals surface area contributed by atoms with Gasteiger partial charge in [0.2, 0.25) is 0 Å². The standard InChI is InChI=1S/C14H16N2O2S/c1-2-13-15-11(10-19-13)8-16(9-14(17)18)12-6-4-3-5-7-12/h3-7,10H,2,8-9H2,1H3,(H,17,18). The zero-order valence-electron chi connectivity index (χ0n) is 10.7. The van der Waals surface area contributed by atoms with Gasteiger partial charge >= 0.3 is 5.97 Å². The van der Waals surface area contributed by atoms with Gasteiger partial charge in [-0.05, 0) is 18.6 Å². The number of hydrogen-bond acceptors (Lipinski definition) is 4. The lowest BCUT2D eigenvalue weighted by Gasteiger charge is -2.21. The van der Waals surface area contributed by atoms with Gasteiger partial charge in [-0.15, -0.1) is 11.3 Å². The average Bonchev–Trinajstić information content (AvgIpc) is 2.86. The average molecular weight is 276 g/mol. The molecule has 5 heteroatoms. The molecular weight excluding hydrogens is 260 g/mol. The highest BCUT2D eigenvalue weighted by Crippen LogP contribution is 2.18. The van der Waals surface area contributed by atoms with E-state index in [4.69, 9.17) is 5.11 Å². The molecule has 1 aromatic heterocycles. The molecule has 0 saturated heterocycles. The molecule has 2 aromatic rings. The monoisotopic (exact) mass is 276 g/mol. The van der Waals surface area contributed by atoms with Crippen LogP contribution in [0.2, 0.25) is 0 Å². The molecule has 4 nitrogen and oxygen atoms in total. The van der Waals surface area contributed by atoms with Gasteiger partial charge in [-0.25, -0.2) is 4.98 Å². The van der Waals surface area contributed by atoms with Crippen LogP contribution in [0.4, 0.5) is 5.69 Å². The first-order chi connectivity index (χ1) is 9.19. The number of benzene rings is 1. The molecule has 0 aliphatic carbocycles. The summed E-state index contributed by atoms with van der Waals surface area (Å²) in [5, 5.41) is 12.1. The Balaban J connectivity index is 2.16. The highest BCUT2D eigenvalue weighted by Gasteiger charge is 2.12. The molecule has 0 radical (unpaired) electrons. The fourth-order valence-corrected chi connectivity index (χ4v) is 2.56. The molecule has 1 heterocycles. The summed E-state index contributed by atoms with van der Waals surface area (Å²) in [6, 6.07) is 9.55. The molecule has 0 bridgehead atoms. The van der Waals surface area contributed by atoms with Crippen LogP contribution in [0, 0.1) is 0 Å². The molecule has 2 rings (SSSR count). The molecule has 0 unspecified atom stereocenters. The SMILES string of the molecule is CCc1nc(CN(CC(=O)O)c2ccccc2)cs1. The fraction of sp³-hybridized carbons (Fsp3) is 0.286. The molecule has 0 fully saturated rings. The Morgan fingerprint density at radius 1 is 1.37 bits per heavy atom. The molecule has 19 heavy (non-hydrogen) atoms. The van der Waals surface area contributed by atoms with Gasteiger partial charge in [0.05, 0.1) is 17.2 Å². The van der Waals surface area contributed by atoms with E-state index in [1.54, 1.807) is 11.3 Å². The number of aryl methyl sites for hydroxylation is 1. The molecule has 0 saturated carbocycles. The van der Waals surface area contributed by atoms with Crippen molar-refractivity contribution in [3.05, 3.63) is 46.4 Å². The van der Waals surface area contributed by atoms with Crippen molar-refractivity contribution in [2.24, 2.45) is 0 Å². The number of anilines is 1. The smallest absolute Gasteiger partial charge is 0.323 e. The number of aliphatic carboxylic acids is 1. The molecule has 1 aromatic carbocycles. The Morgan fingerprint density at radius 2 is 2.11 bits per heavy atom. The maximum atomic E-state index is 11.0. The minimum absolute atomic E-state index is 0.0248. The second-order valence-corrected chi connectivity index (χ2v) is 5.11. The van der Waals surface area contributed by atoms with E-state index < -0.39 is 5.97 Å². The Bertz CT molecular complexity index is 539. The number of nitrogens with zero attached hydrogens (tertiary/aromatic N) is 2. The first kappa shape index (κ1) is 13.5. The van der Waals surface area contributed by atoms with E-state index in [-0.39, 0.29) is 6.54 Å². The third-order valence-electron chi connectivity index (χ3n) is 2.70. The highest BCUT2D eigenvalue weighted by atomic mass is 32.1. The van der Waals surface area contributed by atoms with Crippen LogP contribution < -0.4 is 4.90 Å². The molecule has 0 spiro atoms. The van der Waals surface area contributed by atoms with Gasteiger partial charge in [-0.3, -0.25) is 4.79 Å². The normalized spacial score (nSPS) is 10.4. The Morgan fingerprint density at radius 3 is 2.68 bits per heavy atom. The second-order valence-electron chi connectivity index (χ2n) is 4.17. The molecule has 0 aliphatic heterocycles. The fourth-order valence-electron chi connectivity index (χ4n) is 1.82. The highest BCUT2D eigenvalue weighted by molar-refractivity contribution is 7.09. The summed E-state index contributed by atoms with van der Waals surface area (Å²) in [6.45, 7) is 2.56. The number of rotatable bonds is 6. The molecular formula is C14H16N2O2S. The molecule has 1 N–H and O–H groups in total. The summed E-state index contributed by atoms with van der Waals surface area (Å²) in [5.41, 5.74) is 1.82. The molecule has 0 aliphatic rings. The van der Waals surface area contributed by atoms with E-state index in [9.17, 15) is 4.79 Å². The van der Waals surface area contributed by atoms with Crippen molar-refractivity contribution in [3.63, 3.8) is 0 Å². The second kappa shape index (κ2) is 6.33. The number of para-hydroxylation sites is 1. The van der Waals surface area contributed by atoms with Crippen LogP contribution in [0.1, 0.15) is 17.6 Å². The summed E-state index contributed by atoms with van der Waals surface area (Å²) in [5.74, 6) is -0.838. The predicted molar refractivity (Wildman–Crippen MR) is 76.6 cm³/mol. The van der Waals surface area contributed by atoms with E-state index in [1.165, 1.54) is 0 Å². The summed E-state index contributed by atoms with van der Waals surface area (Å²) < 4.78 is 0. The zero-order chi connectivity index (χ0) is 13.7. The summed E-state index contributed by atoms with van der Waals surface area (Å²) >= 11 is 1.62. The number of thiazole rings is 1. The lowest BCUT2D eigenvalue weighted by molar-refractivity contribution is -0.135. The van der Waals surface area contributed by atoms with E-state index >= 15 is 0 Å². The minimum Gasteiger partial charge on any atom is -0.480 e. The van der Waals surface area contributed by atoms with Crippen LogP contribution in [0.5, 0.6) is 0 Å².